The van der Waals surface area contributed by atoms with Crippen LogP contribution in [0.3, 0.4) is 0 Å². The highest BCUT2D eigenvalue weighted by Crippen LogP contribution is 2.24. The molecule has 1 aromatic rings. The maximum Gasteiger partial charge on any atom is 0.141 e. The zero-order valence-electron chi connectivity index (χ0n) is 6.99. The van der Waals surface area contributed by atoms with E-state index in [-0.39, 0.29) is 16.0 Å². The van der Waals surface area contributed by atoms with Crippen molar-refractivity contribution < 1.29 is 14.6 Å². The first-order valence-corrected chi connectivity index (χ1v) is 5.29. The molecule has 0 bridgehead atoms. The first-order valence-electron chi connectivity index (χ1n) is 3.79. The second kappa shape index (κ2) is 5.02. The topological polar surface area (TPSA) is 53.4 Å². The maximum absolute atomic E-state index is 12.7. The summed E-state index contributed by atoms with van der Waals surface area (Å²) in [5, 5.41) is 19.0. The number of rotatable bonds is 3. The lowest BCUT2D eigenvalue weighted by Gasteiger charge is -2.16. The highest BCUT2D eigenvalue weighted by atomic mass is 79.9. The fraction of sp³-hybridized carbons (Fsp3) is 0.375. The molecule has 2 N–H and O–H groups in total. The molecule has 0 saturated heterocycles. The van der Waals surface area contributed by atoms with Gasteiger partial charge in [-0.05, 0) is 6.07 Å². The van der Waals surface area contributed by atoms with Gasteiger partial charge in [0.15, 0.2) is 0 Å². The predicted molar refractivity (Wildman–Crippen MR) is 54.0 cm³/mol. The van der Waals surface area contributed by atoms with Crippen molar-refractivity contribution in [3.8, 4) is 0 Å². The minimum atomic E-state index is -1.25. The molecular weight excluding hydrogens is 276 g/mol. The molecule has 0 aromatic carbocycles. The monoisotopic (exact) mass is 283 g/mol. The molecule has 14 heavy (non-hydrogen) atoms. The number of alkyl halides is 1. The zero-order chi connectivity index (χ0) is 10.7. The van der Waals surface area contributed by atoms with E-state index < -0.39 is 18.0 Å². The quantitative estimate of drug-likeness (QED) is 0.656. The van der Waals surface area contributed by atoms with Crippen molar-refractivity contribution >= 4 is 27.5 Å². The Morgan fingerprint density at radius 1 is 1.57 bits per heavy atom. The van der Waals surface area contributed by atoms with Crippen LogP contribution >= 0.6 is 27.5 Å². The van der Waals surface area contributed by atoms with Crippen LogP contribution in [-0.4, -0.2) is 26.6 Å². The van der Waals surface area contributed by atoms with Gasteiger partial charge in [-0.1, -0.05) is 27.5 Å². The number of halogens is 3. The van der Waals surface area contributed by atoms with Gasteiger partial charge < -0.3 is 10.2 Å². The Hall–Kier alpha value is -0.230. The van der Waals surface area contributed by atoms with Crippen molar-refractivity contribution in [2.45, 2.75) is 12.2 Å². The van der Waals surface area contributed by atoms with Crippen LogP contribution in [0.15, 0.2) is 12.3 Å². The molecule has 0 spiro atoms. The molecule has 3 nitrogen and oxygen atoms in total. The van der Waals surface area contributed by atoms with E-state index in [0.29, 0.717) is 0 Å². The number of aromatic nitrogens is 1. The van der Waals surface area contributed by atoms with E-state index in [9.17, 15) is 14.6 Å². The summed E-state index contributed by atoms with van der Waals surface area (Å²) in [6.45, 7) is 0. The molecule has 1 aromatic heterocycles. The molecule has 6 heteroatoms. The first kappa shape index (κ1) is 11.8. The Kier molecular flexibility index (Phi) is 4.25. The average molecular weight is 285 g/mol. The van der Waals surface area contributed by atoms with E-state index in [1.807, 2.05) is 0 Å². The molecule has 0 aliphatic carbocycles. The van der Waals surface area contributed by atoms with E-state index in [4.69, 9.17) is 11.6 Å². The summed E-state index contributed by atoms with van der Waals surface area (Å²) in [6, 6.07) is 1.05. The minimum absolute atomic E-state index is 0.0149. The highest BCUT2D eigenvalue weighted by molar-refractivity contribution is 9.09. The molecule has 2 atom stereocenters. The van der Waals surface area contributed by atoms with Gasteiger partial charge in [-0.25, -0.2) is 9.37 Å². The van der Waals surface area contributed by atoms with Crippen LogP contribution in [0.5, 0.6) is 0 Å². The molecule has 78 valence electrons. The summed E-state index contributed by atoms with van der Waals surface area (Å²) in [5.41, 5.74) is 0.0821. The van der Waals surface area contributed by atoms with E-state index in [1.54, 1.807) is 0 Å². The number of aliphatic hydroxyl groups excluding tert-OH is 2. The Balaban J connectivity index is 2.99. The summed E-state index contributed by atoms with van der Waals surface area (Å²) in [6.07, 6.45) is -1.35. The van der Waals surface area contributed by atoms with Crippen LogP contribution < -0.4 is 0 Å². The van der Waals surface area contributed by atoms with E-state index in [2.05, 4.69) is 20.9 Å². The number of hydrogen-bond acceptors (Lipinski definition) is 3. The Labute approximate surface area is 93.7 Å². The van der Waals surface area contributed by atoms with E-state index in [1.165, 1.54) is 0 Å². The third kappa shape index (κ3) is 2.63. The van der Waals surface area contributed by atoms with Crippen molar-refractivity contribution in [1.82, 2.24) is 4.98 Å². The summed E-state index contributed by atoms with van der Waals surface area (Å²) < 4.78 is 12.7. The van der Waals surface area contributed by atoms with Crippen LogP contribution in [-0.2, 0) is 0 Å². The van der Waals surface area contributed by atoms with Gasteiger partial charge in [0.1, 0.15) is 17.1 Å². The zero-order valence-corrected chi connectivity index (χ0v) is 9.33. The standard InChI is InChI=1S/C8H8BrClFNO2/c9-2-6(13)7(14)5-1-4(11)3-12-8(5)10/h1,3,6-7,13-14H,2H2. The molecule has 1 heterocycles. The summed E-state index contributed by atoms with van der Waals surface area (Å²) >= 11 is 8.62. The third-order valence-electron chi connectivity index (χ3n) is 1.67. The molecule has 0 amide bonds. The maximum atomic E-state index is 12.7. The van der Waals surface area contributed by atoms with Gasteiger partial charge in [-0.2, -0.15) is 0 Å². The smallest absolute Gasteiger partial charge is 0.141 e. The summed E-state index contributed by atoms with van der Waals surface area (Å²) in [5.74, 6) is -0.606. The van der Waals surface area contributed by atoms with E-state index in [0.717, 1.165) is 12.3 Å². The van der Waals surface area contributed by atoms with Gasteiger partial charge in [0, 0.05) is 10.9 Å². The summed E-state index contributed by atoms with van der Waals surface area (Å²) in [7, 11) is 0. The van der Waals surface area contributed by atoms with Crippen molar-refractivity contribution in [1.29, 1.82) is 0 Å². The molecular formula is C8H8BrClFNO2. The van der Waals surface area contributed by atoms with Crippen LogP contribution in [0.1, 0.15) is 11.7 Å². The lowest BCUT2D eigenvalue weighted by Crippen LogP contribution is -2.20. The van der Waals surface area contributed by atoms with Gasteiger partial charge in [0.2, 0.25) is 0 Å². The van der Waals surface area contributed by atoms with Gasteiger partial charge in [-0.15, -0.1) is 0 Å². The third-order valence-corrected chi connectivity index (χ3v) is 2.65. The lowest BCUT2D eigenvalue weighted by atomic mass is 10.1. The van der Waals surface area contributed by atoms with Crippen LogP contribution in [0, 0.1) is 5.82 Å². The van der Waals surface area contributed by atoms with Crippen molar-refractivity contribution in [2.24, 2.45) is 0 Å². The number of nitrogens with zero attached hydrogens (tertiary/aromatic N) is 1. The normalized spacial score (nSPS) is 15.2. The Bertz CT molecular complexity index is 326. The first-order chi connectivity index (χ1) is 6.56. The van der Waals surface area contributed by atoms with Gasteiger partial charge in [0.05, 0.1) is 12.3 Å². The van der Waals surface area contributed by atoms with E-state index >= 15 is 0 Å². The van der Waals surface area contributed by atoms with Gasteiger partial charge >= 0.3 is 0 Å². The molecule has 1 rings (SSSR count). The van der Waals surface area contributed by atoms with Gasteiger partial charge in [0.25, 0.3) is 0 Å². The van der Waals surface area contributed by atoms with Crippen LogP contribution in [0.25, 0.3) is 0 Å². The van der Waals surface area contributed by atoms with Crippen molar-refractivity contribution in [3.05, 3.63) is 28.8 Å². The second-order valence-corrected chi connectivity index (χ2v) is 3.71. The highest BCUT2D eigenvalue weighted by Gasteiger charge is 2.20. The van der Waals surface area contributed by atoms with Crippen LogP contribution in [0.4, 0.5) is 4.39 Å². The van der Waals surface area contributed by atoms with Crippen molar-refractivity contribution in [3.63, 3.8) is 0 Å². The summed E-state index contributed by atoms with van der Waals surface area (Å²) in [4.78, 5) is 3.52. The molecule has 0 fully saturated rings. The lowest BCUT2D eigenvalue weighted by molar-refractivity contribution is 0.0339. The largest absolute Gasteiger partial charge is 0.389 e. The SMILES string of the molecule is OC(CBr)C(O)c1cc(F)cnc1Cl. The molecule has 0 saturated carbocycles. The molecule has 2 unspecified atom stereocenters. The molecule has 0 aliphatic heterocycles. The molecule has 0 aliphatic rings. The number of hydrogen-bond donors (Lipinski definition) is 2. The van der Waals surface area contributed by atoms with Crippen molar-refractivity contribution in [2.75, 3.05) is 5.33 Å². The van der Waals surface area contributed by atoms with Gasteiger partial charge in [-0.3, -0.25) is 0 Å². The molecule has 0 radical (unpaired) electrons. The van der Waals surface area contributed by atoms with Crippen LogP contribution in [0.2, 0.25) is 5.15 Å². The predicted octanol–water partition coefficient (Wildman–Crippen LogP) is 1.66. The number of pyridine rings is 1. The minimum Gasteiger partial charge on any atom is -0.389 e. The average Bonchev–Trinajstić information content (AvgIpc) is 2.19. The Morgan fingerprint density at radius 3 is 2.79 bits per heavy atom. The Morgan fingerprint density at radius 2 is 2.21 bits per heavy atom. The number of aliphatic hydroxyl groups is 2. The fourth-order valence-corrected chi connectivity index (χ4v) is 1.51. The second-order valence-electron chi connectivity index (χ2n) is 2.70. The fourth-order valence-electron chi connectivity index (χ4n) is 0.937.